The van der Waals surface area contributed by atoms with Gasteiger partial charge in [-0.25, -0.2) is 19.7 Å². The average molecular weight is 479 g/mol. The lowest BCUT2D eigenvalue weighted by molar-refractivity contribution is -0.384. The Bertz CT molecular complexity index is 1230. The highest BCUT2D eigenvalue weighted by atomic mass is 16.6. The van der Waals surface area contributed by atoms with Crippen molar-refractivity contribution in [1.82, 2.24) is 14.9 Å². The number of amides is 1. The highest BCUT2D eigenvalue weighted by Crippen LogP contribution is 2.37. The van der Waals surface area contributed by atoms with Crippen LogP contribution in [0.1, 0.15) is 0 Å². The van der Waals surface area contributed by atoms with Gasteiger partial charge >= 0.3 is 6.09 Å². The molecular weight excluding hydrogens is 454 g/mol. The first-order valence-electron chi connectivity index (χ1n) is 10.8. The number of non-ortho nitro benzene ring substituents is 1. The van der Waals surface area contributed by atoms with Gasteiger partial charge in [-0.05, 0) is 25.2 Å². The van der Waals surface area contributed by atoms with Gasteiger partial charge in [0.25, 0.3) is 5.69 Å². The fourth-order valence-electron chi connectivity index (χ4n) is 3.82. The van der Waals surface area contributed by atoms with Crippen LogP contribution in [0.5, 0.6) is 5.75 Å². The van der Waals surface area contributed by atoms with E-state index in [-0.39, 0.29) is 17.3 Å². The number of carboxylic acid groups (broad SMARTS) is 1. The second kappa shape index (κ2) is 10.2. The summed E-state index contributed by atoms with van der Waals surface area (Å²) in [6.07, 6.45) is -0.0357. The number of nitrogens with one attached hydrogen (secondary N) is 1. The molecule has 1 aliphatic rings. The molecule has 0 unspecified atom stereocenters. The van der Waals surface area contributed by atoms with E-state index < -0.39 is 11.0 Å². The molecule has 1 fully saturated rings. The maximum Gasteiger partial charge on any atom is 0.417 e. The van der Waals surface area contributed by atoms with Gasteiger partial charge in [-0.15, -0.1) is 0 Å². The van der Waals surface area contributed by atoms with E-state index in [1.165, 1.54) is 31.6 Å². The predicted octanol–water partition coefficient (Wildman–Crippen LogP) is 3.70. The number of ether oxygens (including phenoxy) is 1. The van der Waals surface area contributed by atoms with Crippen molar-refractivity contribution in [3.63, 3.8) is 0 Å². The Labute approximate surface area is 201 Å². The molecule has 0 saturated carbocycles. The van der Waals surface area contributed by atoms with Gasteiger partial charge in [-0.1, -0.05) is 6.07 Å². The van der Waals surface area contributed by atoms with Crippen LogP contribution >= 0.6 is 0 Å². The lowest BCUT2D eigenvalue weighted by atomic mass is 10.2. The second-order valence-electron chi connectivity index (χ2n) is 7.96. The number of hydrogen-bond donors (Lipinski definition) is 2. The molecule has 1 saturated heterocycles. The minimum atomic E-state index is -1.25. The topological polar surface area (TPSA) is 137 Å². The van der Waals surface area contributed by atoms with Crippen LogP contribution in [-0.4, -0.2) is 71.3 Å². The molecule has 12 nitrogen and oxygen atoms in total. The van der Waals surface area contributed by atoms with E-state index in [2.05, 4.69) is 32.1 Å². The monoisotopic (exact) mass is 479 g/mol. The molecule has 2 aromatic carbocycles. The molecule has 35 heavy (non-hydrogen) atoms. The van der Waals surface area contributed by atoms with E-state index in [4.69, 9.17) is 4.74 Å². The highest BCUT2D eigenvalue weighted by Gasteiger charge is 2.24. The molecule has 182 valence electrons. The number of rotatable bonds is 7. The number of methoxy groups -OCH3 is 1. The van der Waals surface area contributed by atoms with Gasteiger partial charge in [-0.3, -0.25) is 10.1 Å². The molecule has 3 aromatic rings. The molecule has 2 N–H and O–H groups in total. The Morgan fingerprint density at radius 1 is 1.14 bits per heavy atom. The van der Waals surface area contributed by atoms with Crippen molar-refractivity contribution in [3.05, 3.63) is 65.0 Å². The molecule has 0 atom stereocenters. The summed E-state index contributed by atoms with van der Waals surface area (Å²) < 4.78 is 5.55. The fraction of sp³-hybridized carbons (Fsp3) is 0.261. The predicted molar refractivity (Wildman–Crippen MR) is 131 cm³/mol. The minimum Gasteiger partial charge on any atom is -0.494 e. The summed E-state index contributed by atoms with van der Waals surface area (Å²) in [7, 11) is 3.57. The molecular formula is C23H25N7O5. The summed E-state index contributed by atoms with van der Waals surface area (Å²) in [4.78, 5) is 36.6. The Morgan fingerprint density at radius 3 is 2.60 bits per heavy atom. The lowest BCUT2D eigenvalue weighted by Crippen LogP contribution is -2.44. The number of likely N-dealkylation sites (N-methyl/N-ethyl adjacent to an activating group) is 1. The Morgan fingerprint density at radius 2 is 1.91 bits per heavy atom. The normalized spacial score (nSPS) is 13.8. The van der Waals surface area contributed by atoms with Gasteiger partial charge in [0, 0.05) is 61.8 Å². The number of benzene rings is 2. The van der Waals surface area contributed by atoms with Gasteiger partial charge in [0.05, 0.1) is 17.7 Å². The molecule has 0 bridgehead atoms. The molecule has 12 heteroatoms. The van der Waals surface area contributed by atoms with Crippen molar-refractivity contribution in [2.24, 2.45) is 0 Å². The molecule has 0 spiro atoms. The van der Waals surface area contributed by atoms with E-state index >= 15 is 0 Å². The van der Waals surface area contributed by atoms with Gasteiger partial charge in [0.1, 0.15) is 23.7 Å². The molecule has 1 amide bonds. The van der Waals surface area contributed by atoms with Crippen LogP contribution in [0, 0.1) is 10.1 Å². The number of hydrogen-bond acceptors (Lipinski definition) is 9. The van der Waals surface area contributed by atoms with Crippen LogP contribution in [0.4, 0.5) is 39.2 Å². The van der Waals surface area contributed by atoms with Gasteiger partial charge in [0.15, 0.2) is 0 Å². The fourth-order valence-corrected chi connectivity index (χ4v) is 3.82. The Balaban J connectivity index is 1.63. The zero-order chi connectivity index (χ0) is 24.9. The molecule has 1 aromatic heterocycles. The smallest absolute Gasteiger partial charge is 0.417 e. The van der Waals surface area contributed by atoms with Gasteiger partial charge in [-0.2, -0.15) is 0 Å². The first-order valence-corrected chi connectivity index (χ1v) is 10.8. The standard InChI is InChI=1S/C23H25N7O5/c1-27-8-10-28(11-9-27)17-6-7-19(20(13-17)35-2)29(23(31)32)22-14-21(24-15-25-22)26-16-4-3-5-18(12-16)30(33)34/h3-7,12-15H,8-11H2,1-2H3,(H,31,32)(H,24,25,26). The molecule has 0 radical (unpaired) electrons. The Hall–Kier alpha value is -4.45. The number of nitrogens with zero attached hydrogens (tertiary/aromatic N) is 6. The average Bonchev–Trinajstić information content (AvgIpc) is 2.85. The number of nitro benzene ring substituents is 1. The SMILES string of the molecule is COc1cc(N2CCN(C)CC2)ccc1N(C(=O)O)c1cc(Nc2cccc([N+](=O)[O-])c2)ncn1. The largest absolute Gasteiger partial charge is 0.494 e. The van der Waals surface area contributed by atoms with Crippen molar-refractivity contribution in [3.8, 4) is 5.75 Å². The van der Waals surface area contributed by atoms with Crippen LogP contribution in [0.3, 0.4) is 0 Å². The molecule has 4 rings (SSSR count). The summed E-state index contributed by atoms with van der Waals surface area (Å²) >= 11 is 0. The zero-order valence-corrected chi connectivity index (χ0v) is 19.3. The lowest BCUT2D eigenvalue weighted by Gasteiger charge is -2.34. The molecule has 0 aliphatic carbocycles. The van der Waals surface area contributed by atoms with Crippen molar-refractivity contribution in [2.75, 3.05) is 55.5 Å². The van der Waals surface area contributed by atoms with Gasteiger partial charge < -0.3 is 25.0 Å². The van der Waals surface area contributed by atoms with Crippen LogP contribution < -0.4 is 19.9 Å². The first-order chi connectivity index (χ1) is 16.9. The number of carbonyl (C=O) groups is 1. The van der Waals surface area contributed by atoms with Crippen molar-refractivity contribution >= 4 is 40.5 Å². The number of nitro groups is 1. The third-order valence-corrected chi connectivity index (χ3v) is 5.68. The van der Waals surface area contributed by atoms with Crippen LogP contribution in [0.2, 0.25) is 0 Å². The number of piperazine rings is 1. The van der Waals surface area contributed by atoms with E-state index in [1.54, 1.807) is 18.2 Å². The summed E-state index contributed by atoms with van der Waals surface area (Å²) in [5.41, 5.74) is 1.60. The molecule has 2 heterocycles. The van der Waals surface area contributed by atoms with E-state index in [9.17, 15) is 20.0 Å². The van der Waals surface area contributed by atoms with Crippen molar-refractivity contribution < 1.29 is 19.6 Å². The summed E-state index contributed by atoms with van der Waals surface area (Å²) in [6, 6.07) is 12.7. The maximum atomic E-state index is 12.3. The summed E-state index contributed by atoms with van der Waals surface area (Å²) in [6.45, 7) is 3.60. The van der Waals surface area contributed by atoms with Crippen LogP contribution in [0.25, 0.3) is 0 Å². The zero-order valence-electron chi connectivity index (χ0n) is 19.3. The molecule has 1 aliphatic heterocycles. The van der Waals surface area contributed by atoms with Crippen LogP contribution in [-0.2, 0) is 0 Å². The minimum absolute atomic E-state index is 0.0818. The van der Waals surface area contributed by atoms with E-state index in [0.717, 1.165) is 36.8 Å². The number of aromatic nitrogens is 2. The van der Waals surface area contributed by atoms with Crippen LogP contribution in [0.15, 0.2) is 54.9 Å². The third kappa shape index (κ3) is 5.38. The summed E-state index contributed by atoms with van der Waals surface area (Å²) in [5, 5.41) is 24.0. The number of anilines is 5. The maximum absolute atomic E-state index is 12.3. The van der Waals surface area contributed by atoms with Gasteiger partial charge in [0.2, 0.25) is 0 Å². The quantitative estimate of drug-likeness (QED) is 0.381. The highest BCUT2D eigenvalue weighted by molar-refractivity contribution is 5.96. The first kappa shape index (κ1) is 23.7. The van der Waals surface area contributed by atoms with Crippen molar-refractivity contribution in [2.45, 2.75) is 0 Å². The second-order valence-corrected chi connectivity index (χ2v) is 7.96. The van der Waals surface area contributed by atoms with E-state index in [1.807, 2.05) is 12.1 Å². The Kier molecular flexibility index (Phi) is 6.92. The van der Waals surface area contributed by atoms with E-state index in [0.29, 0.717) is 17.1 Å². The summed E-state index contributed by atoms with van der Waals surface area (Å²) in [5.74, 6) is 0.747. The van der Waals surface area contributed by atoms with Crippen molar-refractivity contribution in [1.29, 1.82) is 0 Å². The third-order valence-electron chi connectivity index (χ3n) is 5.68.